The highest BCUT2D eigenvalue weighted by atomic mass is 32.2. The van der Waals surface area contributed by atoms with Gasteiger partial charge in [-0.05, 0) is 48.2 Å². The Balaban J connectivity index is 1.47. The Kier molecular flexibility index (Phi) is 7.22. The van der Waals surface area contributed by atoms with Crippen LogP contribution >= 0.6 is 11.8 Å². The minimum absolute atomic E-state index is 0.160. The molecule has 0 radical (unpaired) electrons. The molecule has 4 rings (SSSR count). The van der Waals surface area contributed by atoms with Gasteiger partial charge in [0.25, 0.3) is 5.91 Å². The number of amides is 1. The van der Waals surface area contributed by atoms with Crippen molar-refractivity contribution in [2.75, 3.05) is 13.4 Å². The van der Waals surface area contributed by atoms with E-state index in [-0.39, 0.29) is 5.91 Å². The van der Waals surface area contributed by atoms with E-state index in [9.17, 15) is 4.79 Å². The molecular weight excluding hydrogens is 434 g/mol. The van der Waals surface area contributed by atoms with Gasteiger partial charge in [0.15, 0.2) is 17.3 Å². The highest BCUT2D eigenvalue weighted by Crippen LogP contribution is 2.30. The number of carbonyl (C=O) groups is 1. The van der Waals surface area contributed by atoms with Crippen molar-refractivity contribution >= 4 is 17.7 Å². The first-order chi connectivity index (χ1) is 16.2. The molecule has 0 atom stereocenters. The molecule has 0 saturated heterocycles. The third-order valence-electron chi connectivity index (χ3n) is 4.91. The van der Waals surface area contributed by atoms with Gasteiger partial charge in [0.1, 0.15) is 0 Å². The van der Waals surface area contributed by atoms with E-state index in [2.05, 4.69) is 15.3 Å². The molecule has 7 heteroatoms. The Bertz CT molecular complexity index is 1250. The van der Waals surface area contributed by atoms with Gasteiger partial charge < -0.3 is 14.8 Å². The number of methoxy groups -OCH3 is 1. The number of para-hydroxylation sites is 2. The van der Waals surface area contributed by atoms with Crippen LogP contribution in [-0.4, -0.2) is 29.2 Å². The average molecular weight is 458 g/mol. The number of nitrogens with zero attached hydrogens (tertiary/aromatic N) is 2. The molecule has 33 heavy (non-hydrogen) atoms. The van der Waals surface area contributed by atoms with Gasteiger partial charge >= 0.3 is 0 Å². The standard InChI is InChI=1S/C26H23N3O3S/c1-31-22-8-3-4-9-23(22)32-24-14-15-27-25(29-24)19-6-5-7-20(16-19)26(30)28-17-18-10-12-21(33-2)13-11-18/h3-16H,17H2,1-2H3,(H,28,30). The molecule has 0 saturated carbocycles. The van der Waals surface area contributed by atoms with E-state index in [0.29, 0.717) is 35.3 Å². The number of carbonyl (C=O) groups excluding carboxylic acids is 1. The Morgan fingerprint density at radius 2 is 1.76 bits per heavy atom. The molecule has 1 aromatic heterocycles. The molecule has 0 aliphatic heterocycles. The summed E-state index contributed by atoms with van der Waals surface area (Å²) in [5.74, 6) is 1.85. The summed E-state index contributed by atoms with van der Waals surface area (Å²) in [6, 6.07) is 24.4. The molecule has 1 heterocycles. The van der Waals surface area contributed by atoms with Gasteiger partial charge in [-0.3, -0.25) is 4.79 Å². The quantitative estimate of drug-likeness (QED) is 0.347. The van der Waals surface area contributed by atoms with Crippen LogP contribution in [0.3, 0.4) is 0 Å². The van der Waals surface area contributed by atoms with Crippen LogP contribution in [0.4, 0.5) is 0 Å². The Morgan fingerprint density at radius 3 is 2.52 bits per heavy atom. The zero-order chi connectivity index (χ0) is 23.0. The number of hydrogen-bond acceptors (Lipinski definition) is 6. The summed E-state index contributed by atoms with van der Waals surface area (Å²) in [4.78, 5) is 22.7. The topological polar surface area (TPSA) is 73.3 Å². The molecule has 0 aliphatic carbocycles. The average Bonchev–Trinajstić information content (AvgIpc) is 2.88. The lowest BCUT2D eigenvalue weighted by molar-refractivity contribution is 0.0951. The predicted molar refractivity (Wildman–Crippen MR) is 130 cm³/mol. The summed E-state index contributed by atoms with van der Waals surface area (Å²) in [7, 11) is 1.59. The van der Waals surface area contributed by atoms with Crippen molar-refractivity contribution < 1.29 is 14.3 Å². The van der Waals surface area contributed by atoms with E-state index in [4.69, 9.17) is 9.47 Å². The molecule has 0 unspecified atom stereocenters. The third-order valence-corrected chi connectivity index (χ3v) is 5.65. The SMILES string of the molecule is COc1ccccc1Oc1ccnc(-c2cccc(C(=O)NCc3ccc(SC)cc3)c2)n1. The number of rotatable bonds is 8. The first-order valence-corrected chi connectivity index (χ1v) is 11.5. The number of thioether (sulfide) groups is 1. The highest BCUT2D eigenvalue weighted by Gasteiger charge is 2.11. The lowest BCUT2D eigenvalue weighted by Crippen LogP contribution is -2.22. The summed E-state index contributed by atoms with van der Waals surface area (Å²) in [6.45, 7) is 0.455. The van der Waals surface area contributed by atoms with Crippen LogP contribution in [0.2, 0.25) is 0 Å². The van der Waals surface area contributed by atoms with Gasteiger partial charge in [-0.1, -0.05) is 36.4 Å². The molecule has 0 spiro atoms. The fourth-order valence-electron chi connectivity index (χ4n) is 3.18. The van der Waals surface area contributed by atoms with E-state index < -0.39 is 0 Å². The van der Waals surface area contributed by atoms with Crippen LogP contribution in [0.5, 0.6) is 17.4 Å². The highest BCUT2D eigenvalue weighted by molar-refractivity contribution is 7.98. The number of aromatic nitrogens is 2. The van der Waals surface area contributed by atoms with Crippen LogP contribution in [0.15, 0.2) is 90.0 Å². The zero-order valence-electron chi connectivity index (χ0n) is 18.3. The van der Waals surface area contributed by atoms with Crippen molar-refractivity contribution in [2.45, 2.75) is 11.4 Å². The van der Waals surface area contributed by atoms with Crippen molar-refractivity contribution in [2.24, 2.45) is 0 Å². The summed E-state index contributed by atoms with van der Waals surface area (Å²) < 4.78 is 11.2. The molecule has 1 amide bonds. The van der Waals surface area contributed by atoms with Gasteiger partial charge in [-0.15, -0.1) is 11.8 Å². The molecular formula is C26H23N3O3S. The van der Waals surface area contributed by atoms with E-state index in [1.807, 2.05) is 60.9 Å². The maximum Gasteiger partial charge on any atom is 0.251 e. The lowest BCUT2D eigenvalue weighted by atomic mass is 10.1. The second-order valence-electron chi connectivity index (χ2n) is 7.08. The fourth-order valence-corrected chi connectivity index (χ4v) is 3.59. The lowest BCUT2D eigenvalue weighted by Gasteiger charge is -2.10. The molecule has 3 aromatic carbocycles. The number of hydrogen-bond donors (Lipinski definition) is 1. The molecule has 0 bridgehead atoms. The van der Waals surface area contributed by atoms with Crippen molar-refractivity contribution in [1.82, 2.24) is 15.3 Å². The van der Waals surface area contributed by atoms with Crippen molar-refractivity contribution in [3.05, 3.63) is 96.2 Å². The normalized spacial score (nSPS) is 10.5. The minimum atomic E-state index is -0.160. The summed E-state index contributed by atoms with van der Waals surface area (Å²) in [5.41, 5.74) is 2.30. The number of benzene rings is 3. The first-order valence-electron chi connectivity index (χ1n) is 10.3. The van der Waals surface area contributed by atoms with E-state index in [0.717, 1.165) is 11.1 Å². The second kappa shape index (κ2) is 10.7. The van der Waals surface area contributed by atoms with Crippen molar-refractivity contribution in [3.63, 3.8) is 0 Å². The smallest absolute Gasteiger partial charge is 0.251 e. The van der Waals surface area contributed by atoms with Crippen LogP contribution < -0.4 is 14.8 Å². The number of ether oxygens (including phenoxy) is 2. The Hall–Kier alpha value is -3.84. The summed E-state index contributed by atoms with van der Waals surface area (Å²) >= 11 is 1.69. The van der Waals surface area contributed by atoms with E-state index >= 15 is 0 Å². The van der Waals surface area contributed by atoms with Crippen LogP contribution in [-0.2, 0) is 6.54 Å². The number of nitrogens with one attached hydrogen (secondary N) is 1. The van der Waals surface area contributed by atoms with Gasteiger partial charge in [0.05, 0.1) is 7.11 Å². The minimum Gasteiger partial charge on any atom is -0.493 e. The molecule has 6 nitrogen and oxygen atoms in total. The Morgan fingerprint density at radius 1 is 0.970 bits per heavy atom. The maximum absolute atomic E-state index is 12.7. The Labute approximate surface area is 197 Å². The third kappa shape index (κ3) is 5.70. The fraction of sp³-hybridized carbons (Fsp3) is 0.115. The van der Waals surface area contributed by atoms with Crippen LogP contribution in [0, 0.1) is 0 Å². The van der Waals surface area contributed by atoms with Gasteiger partial charge in [-0.2, -0.15) is 4.98 Å². The second-order valence-corrected chi connectivity index (χ2v) is 7.96. The van der Waals surface area contributed by atoms with Crippen LogP contribution in [0.1, 0.15) is 15.9 Å². The largest absolute Gasteiger partial charge is 0.493 e. The molecule has 166 valence electrons. The van der Waals surface area contributed by atoms with E-state index in [1.54, 1.807) is 49.3 Å². The van der Waals surface area contributed by atoms with Crippen LogP contribution in [0.25, 0.3) is 11.4 Å². The van der Waals surface area contributed by atoms with E-state index in [1.165, 1.54) is 4.90 Å². The first kappa shape index (κ1) is 22.4. The monoisotopic (exact) mass is 457 g/mol. The zero-order valence-corrected chi connectivity index (χ0v) is 19.1. The summed E-state index contributed by atoms with van der Waals surface area (Å²) in [5, 5.41) is 2.96. The molecule has 0 aliphatic rings. The molecule has 0 fully saturated rings. The van der Waals surface area contributed by atoms with Gasteiger partial charge in [0, 0.05) is 34.8 Å². The van der Waals surface area contributed by atoms with Crippen molar-refractivity contribution in [1.29, 1.82) is 0 Å². The maximum atomic E-state index is 12.7. The molecule has 1 N–H and O–H groups in total. The predicted octanol–water partition coefficient (Wildman–Crippen LogP) is 5.60. The van der Waals surface area contributed by atoms with Gasteiger partial charge in [0.2, 0.25) is 5.88 Å². The van der Waals surface area contributed by atoms with Crippen molar-refractivity contribution in [3.8, 4) is 28.8 Å². The molecule has 4 aromatic rings. The van der Waals surface area contributed by atoms with Gasteiger partial charge in [-0.25, -0.2) is 4.98 Å². The summed E-state index contributed by atoms with van der Waals surface area (Å²) in [6.07, 6.45) is 3.66.